The minimum Gasteiger partial charge on any atom is -0.376 e. The van der Waals surface area contributed by atoms with Crippen molar-refractivity contribution in [2.24, 2.45) is 4.99 Å². The quantitative estimate of drug-likeness (QED) is 0.555. The molecule has 0 radical (unpaired) electrons. The number of nitrogens with one attached hydrogen (secondary N) is 1. The van der Waals surface area contributed by atoms with Crippen LogP contribution in [0.4, 0.5) is 0 Å². The molecule has 0 bridgehead atoms. The summed E-state index contributed by atoms with van der Waals surface area (Å²) in [4.78, 5) is 8.57. The van der Waals surface area contributed by atoms with Crippen LogP contribution in [-0.2, 0) is 14.9 Å². The summed E-state index contributed by atoms with van der Waals surface area (Å²) in [7, 11) is 1.92. The normalized spacial score (nSPS) is 26.0. The summed E-state index contributed by atoms with van der Waals surface area (Å²) in [6.07, 6.45) is 11.8. The van der Waals surface area contributed by atoms with E-state index in [-0.39, 0.29) is 5.41 Å². The average molecular weight is 420 g/mol. The molecular formula is C23H37N3O2S. The lowest BCUT2D eigenvalue weighted by Gasteiger charge is -2.39. The average Bonchev–Trinajstić information content (AvgIpc) is 3.49. The number of rotatable bonds is 6. The van der Waals surface area contributed by atoms with E-state index in [9.17, 15) is 0 Å². The molecule has 3 aliphatic rings. The SMILES string of the molecule is CN=C(NCC1(c2cccs2)CCCCC1)N1CCC(OCC2CCCO2)CC1. The second-order valence-electron chi connectivity index (χ2n) is 8.87. The van der Waals surface area contributed by atoms with E-state index >= 15 is 0 Å². The van der Waals surface area contributed by atoms with Crippen molar-refractivity contribution in [3.63, 3.8) is 0 Å². The second kappa shape index (κ2) is 10.3. The lowest BCUT2D eigenvalue weighted by molar-refractivity contribution is -0.0367. The molecule has 3 heterocycles. The lowest BCUT2D eigenvalue weighted by atomic mass is 9.73. The van der Waals surface area contributed by atoms with E-state index in [0.717, 1.165) is 58.1 Å². The maximum atomic E-state index is 6.14. The van der Waals surface area contributed by atoms with Crippen LogP contribution in [0, 0.1) is 0 Å². The summed E-state index contributed by atoms with van der Waals surface area (Å²) in [6, 6.07) is 4.53. The Hall–Kier alpha value is -1.11. The van der Waals surface area contributed by atoms with E-state index in [1.807, 2.05) is 18.4 Å². The van der Waals surface area contributed by atoms with Gasteiger partial charge in [-0.2, -0.15) is 0 Å². The van der Waals surface area contributed by atoms with Gasteiger partial charge in [0.15, 0.2) is 5.96 Å². The Morgan fingerprint density at radius 3 is 2.72 bits per heavy atom. The highest BCUT2D eigenvalue weighted by molar-refractivity contribution is 7.10. The molecule has 4 rings (SSSR count). The summed E-state index contributed by atoms with van der Waals surface area (Å²) in [5.74, 6) is 1.06. The number of guanidine groups is 1. The molecule has 162 valence electrons. The summed E-state index contributed by atoms with van der Waals surface area (Å²) >= 11 is 1.92. The van der Waals surface area contributed by atoms with Gasteiger partial charge < -0.3 is 19.7 Å². The van der Waals surface area contributed by atoms with Gasteiger partial charge in [0, 0.05) is 43.6 Å². The van der Waals surface area contributed by atoms with Crippen LogP contribution in [-0.4, -0.2) is 63.0 Å². The molecule has 1 N–H and O–H groups in total. The summed E-state index contributed by atoms with van der Waals surface area (Å²) in [5, 5.41) is 5.98. The fourth-order valence-electron chi connectivity index (χ4n) is 5.15. The highest BCUT2D eigenvalue weighted by Gasteiger charge is 2.35. The fraction of sp³-hybridized carbons (Fsp3) is 0.783. The van der Waals surface area contributed by atoms with Gasteiger partial charge in [0.05, 0.1) is 18.8 Å². The van der Waals surface area contributed by atoms with Crippen molar-refractivity contribution in [2.45, 2.75) is 75.4 Å². The van der Waals surface area contributed by atoms with Crippen molar-refractivity contribution >= 4 is 17.3 Å². The summed E-state index contributed by atoms with van der Waals surface area (Å²) in [5.41, 5.74) is 0.283. The summed E-state index contributed by atoms with van der Waals surface area (Å²) in [6.45, 7) is 4.70. The van der Waals surface area contributed by atoms with E-state index in [2.05, 4.69) is 32.7 Å². The van der Waals surface area contributed by atoms with Gasteiger partial charge in [-0.05, 0) is 50.0 Å². The van der Waals surface area contributed by atoms with Crippen LogP contribution in [0.15, 0.2) is 22.5 Å². The predicted molar refractivity (Wildman–Crippen MR) is 120 cm³/mol. The number of aliphatic imine (C=N–C) groups is 1. The first-order chi connectivity index (χ1) is 14.3. The third kappa shape index (κ3) is 5.33. The molecule has 1 aromatic heterocycles. The number of hydrogen-bond acceptors (Lipinski definition) is 4. The number of piperidine rings is 1. The van der Waals surface area contributed by atoms with Crippen LogP contribution < -0.4 is 5.32 Å². The van der Waals surface area contributed by atoms with Crippen molar-refractivity contribution in [1.82, 2.24) is 10.2 Å². The number of likely N-dealkylation sites (tertiary alicyclic amines) is 1. The minimum absolute atomic E-state index is 0.283. The van der Waals surface area contributed by atoms with Gasteiger partial charge in [-0.15, -0.1) is 11.3 Å². The molecule has 2 saturated heterocycles. The Kier molecular flexibility index (Phi) is 7.49. The van der Waals surface area contributed by atoms with Crippen LogP contribution in [0.2, 0.25) is 0 Å². The van der Waals surface area contributed by atoms with Crippen molar-refractivity contribution in [3.8, 4) is 0 Å². The molecular weight excluding hydrogens is 382 g/mol. The van der Waals surface area contributed by atoms with Gasteiger partial charge >= 0.3 is 0 Å². The largest absolute Gasteiger partial charge is 0.376 e. The highest BCUT2D eigenvalue weighted by atomic mass is 32.1. The fourth-order valence-corrected chi connectivity index (χ4v) is 6.14. The molecule has 6 heteroatoms. The monoisotopic (exact) mass is 419 g/mol. The number of nitrogens with zero attached hydrogens (tertiary/aromatic N) is 2. The predicted octanol–water partition coefficient (Wildman–Crippen LogP) is 4.19. The first-order valence-corrected chi connectivity index (χ1v) is 12.4. The maximum Gasteiger partial charge on any atom is 0.193 e. The zero-order valence-corrected chi connectivity index (χ0v) is 18.7. The Morgan fingerprint density at radius 2 is 2.07 bits per heavy atom. The number of hydrogen-bond donors (Lipinski definition) is 1. The molecule has 1 saturated carbocycles. The van der Waals surface area contributed by atoms with Crippen molar-refractivity contribution < 1.29 is 9.47 Å². The molecule has 0 aromatic carbocycles. The number of thiophene rings is 1. The standard InChI is InChI=1S/C23H37N3O2S/c1-24-22(25-18-23(11-3-2-4-12-23)21-8-6-16-29-21)26-13-9-19(10-14-26)28-17-20-7-5-15-27-20/h6,8,16,19-20H,2-5,7,9-15,17-18H2,1H3,(H,24,25). The molecule has 3 fully saturated rings. The highest BCUT2D eigenvalue weighted by Crippen LogP contribution is 2.41. The maximum absolute atomic E-state index is 6.14. The van der Waals surface area contributed by atoms with Crippen molar-refractivity contribution in [1.29, 1.82) is 0 Å². The molecule has 1 aromatic rings. The number of ether oxygens (including phenoxy) is 2. The molecule has 1 aliphatic carbocycles. The van der Waals surface area contributed by atoms with Crippen molar-refractivity contribution in [3.05, 3.63) is 22.4 Å². The van der Waals surface area contributed by atoms with Crippen molar-refractivity contribution in [2.75, 3.05) is 39.9 Å². The third-order valence-corrected chi connectivity index (χ3v) is 8.05. The van der Waals surface area contributed by atoms with E-state index in [1.165, 1.54) is 38.5 Å². The lowest BCUT2D eigenvalue weighted by Crippen LogP contribution is -2.50. The topological polar surface area (TPSA) is 46.1 Å². The van der Waals surface area contributed by atoms with Crippen LogP contribution in [0.25, 0.3) is 0 Å². The van der Waals surface area contributed by atoms with Crippen LogP contribution in [0.3, 0.4) is 0 Å². The Labute approximate surface area is 179 Å². The molecule has 1 atom stereocenters. The van der Waals surface area contributed by atoms with E-state index in [1.54, 1.807) is 4.88 Å². The third-order valence-electron chi connectivity index (χ3n) is 6.93. The van der Waals surface area contributed by atoms with E-state index in [4.69, 9.17) is 9.47 Å². The molecule has 2 aliphatic heterocycles. The molecule has 0 spiro atoms. The Morgan fingerprint density at radius 1 is 1.24 bits per heavy atom. The summed E-state index contributed by atoms with van der Waals surface area (Å²) < 4.78 is 11.8. The minimum atomic E-state index is 0.283. The smallest absolute Gasteiger partial charge is 0.193 e. The molecule has 0 amide bonds. The zero-order valence-electron chi connectivity index (χ0n) is 17.9. The Balaban J connectivity index is 1.27. The molecule has 5 nitrogen and oxygen atoms in total. The van der Waals surface area contributed by atoms with Gasteiger partial charge in [-0.3, -0.25) is 4.99 Å². The molecule has 29 heavy (non-hydrogen) atoms. The zero-order chi connectivity index (χ0) is 19.9. The van der Waals surface area contributed by atoms with Crippen LogP contribution in [0.1, 0.15) is 62.7 Å². The first kappa shape index (κ1) is 21.1. The first-order valence-electron chi connectivity index (χ1n) is 11.5. The van der Waals surface area contributed by atoms with Crippen LogP contribution >= 0.6 is 11.3 Å². The van der Waals surface area contributed by atoms with Crippen LogP contribution in [0.5, 0.6) is 0 Å². The second-order valence-corrected chi connectivity index (χ2v) is 9.82. The van der Waals surface area contributed by atoms with E-state index < -0.39 is 0 Å². The Bertz CT molecular complexity index is 629. The van der Waals surface area contributed by atoms with Gasteiger partial charge in [0.1, 0.15) is 0 Å². The molecule has 1 unspecified atom stereocenters. The van der Waals surface area contributed by atoms with Gasteiger partial charge in [0.2, 0.25) is 0 Å². The van der Waals surface area contributed by atoms with Gasteiger partial charge in [-0.25, -0.2) is 0 Å². The van der Waals surface area contributed by atoms with Gasteiger partial charge in [-0.1, -0.05) is 25.3 Å². The van der Waals surface area contributed by atoms with Gasteiger partial charge in [0.25, 0.3) is 0 Å². The van der Waals surface area contributed by atoms with E-state index in [0.29, 0.717) is 12.2 Å².